The van der Waals surface area contributed by atoms with E-state index in [0.717, 1.165) is 11.3 Å². The summed E-state index contributed by atoms with van der Waals surface area (Å²) in [5, 5.41) is 12.4. The molecule has 0 spiro atoms. The highest BCUT2D eigenvalue weighted by Crippen LogP contribution is 2.24. The Balaban J connectivity index is 1.52. The highest BCUT2D eigenvalue weighted by atomic mass is 35.5. The molecule has 0 aliphatic heterocycles. The summed E-state index contributed by atoms with van der Waals surface area (Å²) in [7, 11) is 3.38. The third kappa shape index (κ3) is 6.22. The van der Waals surface area contributed by atoms with Gasteiger partial charge in [0.15, 0.2) is 16.8 Å². The number of halogens is 2. The van der Waals surface area contributed by atoms with Crippen LogP contribution in [0.25, 0.3) is 0 Å². The van der Waals surface area contributed by atoms with E-state index in [1.165, 1.54) is 17.8 Å². The Hall–Kier alpha value is -2.55. The molecule has 0 fully saturated rings. The van der Waals surface area contributed by atoms with Gasteiger partial charge in [0.05, 0.1) is 30.9 Å². The van der Waals surface area contributed by atoms with Crippen LogP contribution in [0.1, 0.15) is 21.7 Å². The van der Waals surface area contributed by atoms with Gasteiger partial charge in [0.2, 0.25) is 5.91 Å². The monoisotopic (exact) mass is 478 g/mol. The number of amides is 1. The van der Waals surface area contributed by atoms with Crippen LogP contribution in [-0.2, 0) is 24.8 Å². The Kier molecular flexibility index (Phi) is 7.95. The van der Waals surface area contributed by atoms with E-state index >= 15 is 0 Å². The second-order valence-corrected chi connectivity index (χ2v) is 8.38. The van der Waals surface area contributed by atoms with Crippen molar-refractivity contribution in [3.05, 3.63) is 69.5 Å². The molecule has 0 unspecified atom stereocenters. The van der Waals surface area contributed by atoms with Gasteiger partial charge in [0.25, 0.3) is 0 Å². The largest absolute Gasteiger partial charge is 0.497 e. The molecule has 10 heteroatoms. The van der Waals surface area contributed by atoms with E-state index in [4.69, 9.17) is 27.9 Å². The van der Waals surface area contributed by atoms with Crippen molar-refractivity contribution in [2.24, 2.45) is 7.05 Å². The second kappa shape index (κ2) is 10.7. The third-order valence-electron chi connectivity index (χ3n) is 4.46. The molecule has 2 aromatic carbocycles. The van der Waals surface area contributed by atoms with Gasteiger partial charge in [-0.15, -0.1) is 10.2 Å². The van der Waals surface area contributed by atoms with Crippen LogP contribution >= 0.6 is 35.0 Å². The van der Waals surface area contributed by atoms with Crippen molar-refractivity contribution in [1.29, 1.82) is 0 Å². The number of benzene rings is 2. The zero-order valence-corrected chi connectivity index (χ0v) is 19.2. The number of ether oxygens (including phenoxy) is 1. The summed E-state index contributed by atoms with van der Waals surface area (Å²) >= 11 is 13.2. The van der Waals surface area contributed by atoms with Gasteiger partial charge in [0.1, 0.15) is 5.75 Å². The molecule has 0 aliphatic carbocycles. The first-order chi connectivity index (χ1) is 14.9. The third-order valence-corrected chi connectivity index (χ3v) is 6.02. The normalized spacial score (nSPS) is 10.7. The van der Waals surface area contributed by atoms with Crippen LogP contribution in [-0.4, -0.2) is 39.3 Å². The lowest BCUT2D eigenvalue weighted by Crippen LogP contribution is -2.26. The zero-order valence-electron chi connectivity index (χ0n) is 16.9. The maximum atomic E-state index is 12.4. The molecule has 0 atom stereocenters. The molecule has 1 aromatic heterocycles. The summed E-state index contributed by atoms with van der Waals surface area (Å²) in [6.45, 7) is 0.232. The number of rotatable bonds is 9. The van der Waals surface area contributed by atoms with E-state index < -0.39 is 0 Å². The molecular weight excluding hydrogens is 459 g/mol. The first kappa shape index (κ1) is 23.1. The SMILES string of the molecule is COc1ccc(CC(=O)NCc2nnc(SCC(=O)c3ccc(Cl)cc3Cl)n2C)cc1. The Morgan fingerprint density at radius 1 is 1.13 bits per heavy atom. The Morgan fingerprint density at radius 3 is 2.55 bits per heavy atom. The van der Waals surface area contributed by atoms with Crippen molar-refractivity contribution < 1.29 is 14.3 Å². The van der Waals surface area contributed by atoms with Crippen LogP contribution in [0, 0.1) is 0 Å². The molecule has 1 heterocycles. The number of hydrogen-bond donors (Lipinski definition) is 1. The molecule has 7 nitrogen and oxygen atoms in total. The van der Waals surface area contributed by atoms with E-state index in [9.17, 15) is 9.59 Å². The summed E-state index contributed by atoms with van der Waals surface area (Å²) in [6.07, 6.45) is 0.250. The van der Waals surface area contributed by atoms with E-state index in [-0.39, 0.29) is 30.4 Å². The van der Waals surface area contributed by atoms with Gasteiger partial charge in [0, 0.05) is 17.6 Å². The molecule has 0 bridgehead atoms. The average Bonchev–Trinajstić information content (AvgIpc) is 3.10. The van der Waals surface area contributed by atoms with Crippen molar-refractivity contribution >= 4 is 46.7 Å². The topological polar surface area (TPSA) is 86.1 Å². The molecule has 3 aromatic rings. The van der Waals surface area contributed by atoms with Crippen LogP contribution in [0.5, 0.6) is 5.75 Å². The van der Waals surface area contributed by atoms with Crippen molar-refractivity contribution in [1.82, 2.24) is 20.1 Å². The van der Waals surface area contributed by atoms with Gasteiger partial charge in [-0.1, -0.05) is 47.1 Å². The fraction of sp³-hybridized carbons (Fsp3) is 0.238. The predicted octanol–water partition coefficient (Wildman–Crippen LogP) is 3.96. The number of aromatic nitrogens is 3. The van der Waals surface area contributed by atoms with Gasteiger partial charge in [-0.05, 0) is 35.9 Å². The Bertz CT molecular complexity index is 1090. The minimum Gasteiger partial charge on any atom is -0.497 e. The first-order valence-corrected chi connectivity index (χ1v) is 11.0. The van der Waals surface area contributed by atoms with Crippen molar-refractivity contribution in [3.63, 3.8) is 0 Å². The van der Waals surface area contributed by atoms with Crippen LogP contribution < -0.4 is 10.1 Å². The van der Waals surface area contributed by atoms with Crippen LogP contribution in [0.3, 0.4) is 0 Å². The summed E-state index contributed by atoms with van der Waals surface area (Å²) in [5.74, 6) is 1.21. The number of nitrogens with zero attached hydrogens (tertiary/aromatic N) is 3. The van der Waals surface area contributed by atoms with Gasteiger partial charge >= 0.3 is 0 Å². The first-order valence-electron chi connectivity index (χ1n) is 9.26. The van der Waals surface area contributed by atoms with E-state index in [0.29, 0.717) is 26.6 Å². The minimum absolute atomic E-state index is 0.130. The van der Waals surface area contributed by atoms with Crippen LogP contribution in [0.15, 0.2) is 47.6 Å². The number of thioether (sulfide) groups is 1. The van der Waals surface area contributed by atoms with Crippen molar-refractivity contribution in [3.8, 4) is 5.75 Å². The molecular formula is C21H20Cl2N4O3S. The van der Waals surface area contributed by atoms with E-state index in [2.05, 4.69) is 15.5 Å². The number of Topliss-reactive ketones (excluding diaryl/α,β-unsaturated/α-hetero) is 1. The lowest BCUT2D eigenvalue weighted by atomic mass is 10.1. The Labute approximate surface area is 194 Å². The number of carbonyl (C=O) groups excluding carboxylic acids is 2. The number of methoxy groups -OCH3 is 1. The second-order valence-electron chi connectivity index (χ2n) is 6.60. The molecule has 0 aliphatic rings. The van der Waals surface area contributed by atoms with Gasteiger partial charge < -0.3 is 14.6 Å². The van der Waals surface area contributed by atoms with Gasteiger partial charge in [-0.2, -0.15) is 0 Å². The Morgan fingerprint density at radius 2 is 1.87 bits per heavy atom. The quantitative estimate of drug-likeness (QED) is 0.369. The number of nitrogens with one attached hydrogen (secondary N) is 1. The van der Waals surface area contributed by atoms with Crippen molar-refractivity contribution in [2.75, 3.05) is 12.9 Å². The molecule has 0 saturated heterocycles. The summed E-state index contributed by atoms with van der Waals surface area (Å²) < 4.78 is 6.86. The number of ketones is 1. The lowest BCUT2D eigenvalue weighted by molar-refractivity contribution is -0.120. The van der Waals surface area contributed by atoms with Gasteiger partial charge in [-0.25, -0.2) is 0 Å². The van der Waals surface area contributed by atoms with E-state index in [1.807, 2.05) is 24.3 Å². The van der Waals surface area contributed by atoms with E-state index in [1.54, 1.807) is 30.9 Å². The molecule has 0 radical (unpaired) electrons. The highest BCUT2D eigenvalue weighted by Gasteiger charge is 2.15. The zero-order chi connectivity index (χ0) is 22.4. The fourth-order valence-corrected chi connectivity index (χ4v) is 4.04. The molecule has 1 amide bonds. The molecule has 162 valence electrons. The minimum atomic E-state index is -0.135. The van der Waals surface area contributed by atoms with Crippen LogP contribution in [0.4, 0.5) is 0 Å². The molecule has 0 saturated carbocycles. The molecule has 1 N–H and O–H groups in total. The summed E-state index contributed by atoms with van der Waals surface area (Å²) in [5.41, 5.74) is 1.29. The summed E-state index contributed by atoms with van der Waals surface area (Å²) in [6, 6.07) is 12.1. The molecule has 31 heavy (non-hydrogen) atoms. The smallest absolute Gasteiger partial charge is 0.224 e. The average molecular weight is 479 g/mol. The van der Waals surface area contributed by atoms with Gasteiger partial charge in [-0.3, -0.25) is 9.59 Å². The lowest BCUT2D eigenvalue weighted by Gasteiger charge is -2.07. The standard InChI is InChI=1S/C21H20Cl2N4O3S/c1-27-19(11-24-20(29)9-13-3-6-15(30-2)7-4-13)25-26-21(27)31-12-18(28)16-8-5-14(22)10-17(16)23/h3-8,10H,9,11-12H2,1-2H3,(H,24,29). The van der Waals surface area contributed by atoms with Crippen molar-refractivity contribution in [2.45, 2.75) is 18.1 Å². The molecule has 3 rings (SSSR count). The maximum Gasteiger partial charge on any atom is 0.224 e. The van der Waals surface area contributed by atoms with Crippen LogP contribution in [0.2, 0.25) is 10.0 Å². The number of carbonyl (C=O) groups is 2. The predicted molar refractivity (Wildman–Crippen MR) is 121 cm³/mol. The summed E-state index contributed by atoms with van der Waals surface area (Å²) in [4.78, 5) is 24.6. The number of hydrogen-bond acceptors (Lipinski definition) is 6. The maximum absolute atomic E-state index is 12.4. The highest BCUT2D eigenvalue weighted by molar-refractivity contribution is 7.99. The fourth-order valence-electron chi connectivity index (χ4n) is 2.72.